The van der Waals surface area contributed by atoms with E-state index in [1.54, 1.807) is 4.90 Å². The van der Waals surface area contributed by atoms with Crippen molar-refractivity contribution in [2.75, 3.05) is 26.2 Å². The lowest BCUT2D eigenvalue weighted by atomic mass is 9.99. The third kappa shape index (κ3) is 4.19. The van der Waals surface area contributed by atoms with E-state index in [1.807, 2.05) is 41.3 Å². The number of carbonyl (C=O) groups is 2. The fourth-order valence-electron chi connectivity index (χ4n) is 4.17. The topological polar surface area (TPSA) is 49.9 Å². The molecule has 2 amide bonds. The summed E-state index contributed by atoms with van der Waals surface area (Å²) >= 11 is 0. The van der Waals surface area contributed by atoms with Crippen molar-refractivity contribution in [3.05, 3.63) is 77.9 Å². The number of amides is 2. The number of hydrogen-bond donors (Lipinski definition) is 0. The Hall–Kier alpha value is -3.08. The molecule has 150 valence electrons. The van der Waals surface area contributed by atoms with Gasteiger partial charge >= 0.3 is 0 Å². The van der Waals surface area contributed by atoms with Crippen molar-refractivity contribution in [1.82, 2.24) is 9.80 Å². The molecule has 2 heterocycles. The van der Waals surface area contributed by atoms with Crippen LogP contribution in [0.2, 0.25) is 0 Å². The molecule has 1 atom stereocenters. The van der Waals surface area contributed by atoms with Gasteiger partial charge in [-0.3, -0.25) is 9.59 Å². The summed E-state index contributed by atoms with van der Waals surface area (Å²) in [5, 5.41) is 0. The third-order valence-electron chi connectivity index (χ3n) is 5.70. The molecule has 0 spiro atoms. The van der Waals surface area contributed by atoms with Crippen molar-refractivity contribution in [2.45, 2.75) is 25.3 Å². The first kappa shape index (κ1) is 19.2. The fourth-order valence-corrected chi connectivity index (χ4v) is 4.17. The molecule has 1 saturated heterocycles. The molecule has 0 radical (unpaired) electrons. The van der Waals surface area contributed by atoms with Crippen LogP contribution in [0.25, 0.3) is 0 Å². The molecule has 2 aliphatic heterocycles. The van der Waals surface area contributed by atoms with Gasteiger partial charge in [-0.2, -0.15) is 0 Å². The van der Waals surface area contributed by atoms with Crippen LogP contribution in [0.15, 0.2) is 61.2 Å². The maximum absolute atomic E-state index is 13.4. The molecular formula is C24H26N2O3. The molecule has 0 aromatic heterocycles. The van der Waals surface area contributed by atoms with Gasteiger partial charge < -0.3 is 14.5 Å². The first-order valence-corrected chi connectivity index (χ1v) is 10.2. The summed E-state index contributed by atoms with van der Waals surface area (Å²) in [6, 6.07) is 15.8. The number of fused-ring (bicyclic) bond motifs is 1. The van der Waals surface area contributed by atoms with Crippen LogP contribution in [-0.4, -0.2) is 53.9 Å². The molecule has 0 bridgehead atoms. The second-order valence-corrected chi connectivity index (χ2v) is 7.60. The van der Waals surface area contributed by atoms with E-state index >= 15 is 0 Å². The first-order chi connectivity index (χ1) is 14.2. The summed E-state index contributed by atoms with van der Waals surface area (Å²) in [6.07, 6.45) is 3.97. The van der Waals surface area contributed by atoms with Gasteiger partial charge in [-0.15, -0.1) is 0 Å². The summed E-state index contributed by atoms with van der Waals surface area (Å²) in [4.78, 5) is 29.3. The Morgan fingerprint density at radius 2 is 1.97 bits per heavy atom. The fraction of sp³-hybridized carbons (Fsp3) is 0.333. The monoisotopic (exact) mass is 390 g/mol. The van der Waals surface area contributed by atoms with Gasteiger partial charge in [0, 0.05) is 25.2 Å². The molecular weight excluding hydrogens is 364 g/mol. The molecule has 5 nitrogen and oxygen atoms in total. The second-order valence-electron chi connectivity index (χ2n) is 7.60. The molecule has 5 heteroatoms. The molecule has 2 aromatic rings. The number of piperazine rings is 1. The number of ether oxygens (including phenoxy) is 1. The minimum absolute atomic E-state index is 0.0185. The van der Waals surface area contributed by atoms with Crippen molar-refractivity contribution in [3.8, 4) is 5.75 Å². The normalized spacial score (nSPS) is 18.6. The van der Waals surface area contributed by atoms with Crippen LogP contribution >= 0.6 is 0 Å². The number of carbonyl (C=O) groups excluding carboxylic acids is 2. The Labute approximate surface area is 171 Å². The number of benzene rings is 2. The maximum atomic E-state index is 13.4. The summed E-state index contributed by atoms with van der Waals surface area (Å²) in [5.74, 6) is 0.820. The van der Waals surface area contributed by atoms with Crippen molar-refractivity contribution >= 4 is 11.8 Å². The number of rotatable bonds is 4. The molecule has 1 fully saturated rings. The molecule has 29 heavy (non-hydrogen) atoms. The highest BCUT2D eigenvalue weighted by atomic mass is 16.5. The van der Waals surface area contributed by atoms with E-state index in [0.717, 1.165) is 36.3 Å². The van der Waals surface area contributed by atoms with Crippen LogP contribution in [0.1, 0.15) is 27.9 Å². The first-order valence-electron chi connectivity index (χ1n) is 10.2. The van der Waals surface area contributed by atoms with E-state index in [4.69, 9.17) is 4.74 Å². The van der Waals surface area contributed by atoms with Gasteiger partial charge in [0.2, 0.25) is 5.91 Å². The minimum atomic E-state index is -0.0823. The quantitative estimate of drug-likeness (QED) is 0.754. The Morgan fingerprint density at radius 3 is 2.76 bits per heavy atom. The minimum Gasteiger partial charge on any atom is -0.493 e. The summed E-state index contributed by atoms with van der Waals surface area (Å²) in [6.45, 7) is 5.89. The zero-order valence-electron chi connectivity index (χ0n) is 16.5. The third-order valence-corrected chi connectivity index (χ3v) is 5.70. The largest absolute Gasteiger partial charge is 0.493 e. The van der Waals surface area contributed by atoms with E-state index in [9.17, 15) is 9.59 Å². The van der Waals surface area contributed by atoms with Gasteiger partial charge in [-0.05, 0) is 54.7 Å². The Kier molecular flexibility index (Phi) is 5.65. The Morgan fingerprint density at radius 1 is 1.14 bits per heavy atom. The molecule has 0 aliphatic carbocycles. The lowest BCUT2D eigenvalue weighted by Crippen LogP contribution is -2.57. The van der Waals surface area contributed by atoms with Gasteiger partial charge in [0.25, 0.3) is 5.91 Å². The molecule has 0 N–H and O–H groups in total. The van der Waals surface area contributed by atoms with Gasteiger partial charge in [-0.25, -0.2) is 0 Å². The predicted molar refractivity (Wildman–Crippen MR) is 112 cm³/mol. The molecule has 2 aromatic carbocycles. The van der Waals surface area contributed by atoms with Gasteiger partial charge in [0.1, 0.15) is 5.75 Å². The standard InChI is InChI=1S/C24H26N2O3/c1-2-23(27)25-12-13-26(21(17-25)15-18-7-4-3-5-8-18)24(28)20-10-11-22-19(16-20)9-6-14-29-22/h2-5,7-8,10-11,16,21H,1,6,9,12-15,17H2. The zero-order chi connectivity index (χ0) is 20.2. The van der Waals surface area contributed by atoms with Crippen molar-refractivity contribution in [2.24, 2.45) is 0 Å². The van der Waals surface area contributed by atoms with E-state index in [2.05, 4.69) is 18.7 Å². The van der Waals surface area contributed by atoms with Gasteiger partial charge in [0.15, 0.2) is 0 Å². The SMILES string of the molecule is C=CC(=O)N1CCN(C(=O)c2ccc3c(c2)CCCO3)C(Cc2ccccc2)C1. The second kappa shape index (κ2) is 8.52. The molecule has 0 saturated carbocycles. The van der Waals surface area contributed by atoms with E-state index in [1.165, 1.54) is 6.08 Å². The van der Waals surface area contributed by atoms with Crippen molar-refractivity contribution in [3.63, 3.8) is 0 Å². The molecule has 1 unspecified atom stereocenters. The van der Waals surface area contributed by atoms with Crippen LogP contribution in [0.3, 0.4) is 0 Å². The van der Waals surface area contributed by atoms with Crippen LogP contribution in [-0.2, 0) is 17.6 Å². The molecule has 4 rings (SSSR count). The van der Waals surface area contributed by atoms with Crippen molar-refractivity contribution in [1.29, 1.82) is 0 Å². The Balaban J connectivity index is 1.58. The lowest BCUT2D eigenvalue weighted by Gasteiger charge is -2.41. The van der Waals surface area contributed by atoms with E-state index in [-0.39, 0.29) is 17.9 Å². The number of aryl methyl sites for hydroxylation is 1. The average molecular weight is 390 g/mol. The van der Waals surface area contributed by atoms with E-state index in [0.29, 0.717) is 31.6 Å². The predicted octanol–water partition coefficient (Wildman–Crippen LogP) is 3.09. The van der Waals surface area contributed by atoms with Crippen LogP contribution in [0, 0.1) is 0 Å². The number of nitrogens with zero attached hydrogens (tertiary/aromatic N) is 2. The van der Waals surface area contributed by atoms with E-state index < -0.39 is 0 Å². The van der Waals surface area contributed by atoms with Crippen LogP contribution in [0.4, 0.5) is 0 Å². The van der Waals surface area contributed by atoms with Crippen molar-refractivity contribution < 1.29 is 14.3 Å². The highest BCUT2D eigenvalue weighted by Crippen LogP contribution is 2.27. The van der Waals surface area contributed by atoms with Gasteiger partial charge in [-0.1, -0.05) is 36.9 Å². The summed E-state index contributed by atoms with van der Waals surface area (Å²) < 4.78 is 5.68. The molecule has 2 aliphatic rings. The highest BCUT2D eigenvalue weighted by molar-refractivity contribution is 5.95. The highest BCUT2D eigenvalue weighted by Gasteiger charge is 2.32. The smallest absolute Gasteiger partial charge is 0.254 e. The zero-order valence-corrected chi connectivity index (χ0v) is 16.5. The average Bonchev–Trinajstić information content (AvgIpc) is 2.78. The maximum Gasteiger partial charge on any atom is 0.254 e. The summed E-state index contributed by atoms with van der Waals surface area (Å²) in [7, 11) is 0. The van der Waals surface area contributed by atoms with Gasteiger partial charge in [0.05, 0.1) is 12.6 Å². The van der Waals surface area contributed by atoms with Crippen LogP contribution < -0.4 is 4.74 Å². The Bertz CT molecular complexity index is 910. The number of hydrogen-bond acceptors (Lipinski definition) is 3. The summed E-state index contributed by atoms with van der Waals surface area (Å²) in [5.41, 5.74) is 2.94. The van der Waals surface area contributed by atoms with Crippen LogP contribution in [0.5, 0.6) is 5.75 Å². The lowest BCUT2D eigenvalue weighted by molar-refractivity contribution is -0.128.